The van der Waals surface area contributed by atoms with Crippen LogP contribution < -0.4 is 11.5 Å². The number of urea groups is 1. The Morgan fingerprint density at radius 3 is 2.50 bits per heavy atom. The third-order valence-corrected chi connectivity index (χ3v) is 3.89. The van der Waals surface area contributed by atoms with Gasteiger partial charge in [0, 0.05) is 6.42 Å². The zero-order valence-corrected chi connectivity index (χ0v) is 12.1. The number of nitrogens with two attached hydrogens (primary N) is 2. The van der Waals surface area contributed by atoms with Crippen LogP contribution in [0.15, 0.2) is 0 Å². The second-order valence-corrected chi connectivity index (χ2v) is 5.98. The van der Waals surface area contributed by atoms with Gasteiger partial charge in [-0.05, 0) is 6.42 Å². The number of primary amides is 2. The molecule has 2 fully saturated rings. The minimum Gasteiger partial charge on any atom is -0.367 e. The van der Waals surface area contributed by atoms with Crippen molar-refractivity contribution in [3.05, 3.63) is 0 Å². The fraction of sp³-hybridized carbons (Fsp3) is 0.667. The lowest BCUT2D eigenvalue weighted by Crippen LogP contribution is -2.63. The number of hydrogen-bond acceptors (Lipinski definition) is 7. The molecule has 0 aromatic rings. The number of nitrogens with zero attached hydrogens (tertiary/aromatic N) is 2. The minimum atomic E-state index is -4.94. The van der Waals surface area contributed by atoms with Crippen molar-refractivity contribution >= 4 is 28.2 Å². The molecule has 0 saturated carbocycles. The maximum Gasteiger partial charge on any atom is 0.477 e. The van der Waals surface area contributed by atoms with Crippen LogP contribution in [-0.2, 0) is 29.1 Å². The predicted octanol–water partition coefficient (Wildman–Crippen LogP) is -2.59. The molecule has 5 N–H and O–H groups in total. The molecule has 12 nitrogen and oxygen atoms in total. The lowest BCUT2D eigenvalue weighted by molar-refractivity contribution is -1.05. The Kier molecular flexibility index (Phi) is 4.09. The summed E-state index contributed by atoms with van der Waals surface area (Å²) in [5.74, 6) is -1.75. The number of carbonyl (C=O) groups excluding carboxylic acids is 3. The second kappa shape index (κ2) is 5.44. The van der Waals surface area contributed by atoms with Crippen molar-refractivity contribution in [1.29, 1.82) is 0 Å². The van der Waals surface area contributed by atoms with Crippen molar-refractivity contribution < 1.29 is 41.1 Å². The molecule has 2 heterocycles. The summed E-state index contributed by atoms with van der Waals surface area (Å²) in [4.78, 5) is 40.0. The summed E-state index contributed by atoms with van der Waals surface area (Å²) >= 11 is 0. The Hall–Kier alpha value is -1.80. The molecule has 2 bridgehead atoms. The van der Waals surface area contributed by atoms with Crippen molar-refractivity contribution in [3.8, 4) is 0 Å². The Morgan fingerprint density at radius 2 is 2.00 bits per heavy atom. The largest absolute Gasteiger partial charge is 0.477 e. The summed E-state index contributed by atoms with van der Waals surface area (Å²) < 4.78 is 33.6. The molecule has 13 heteroatoms. The van der Waals surface area contributed by atoms with Crippen molar-refractivity contribution in [2.75, 3.05) is 13.2 Å². The van der Waals surface area contributed by atoms with E-state index in [0.29, 0.717) is 5.06 Å². The van der Waals surface area contributed by atoms with E-state index in [1.165, 1.54) is 0 Å². The van der Waals surface area contributed by atoms with E-state index in [2.05, 4.69) is 4.28 Å². The maximum absolute atomic E-state index is 12.4. The molecule has 22 heavy (non-hydrogen) atoms. The number of rotatable bonds is 6. The van der Waals surface area contributed by atoms with Crippen LogP contribution in [0.4, 0.5) is 4.79 Å². The summed E-state index contributed by atoms with van der Waals surface area (Å²) in [6.45, 7) is -0.850. The van der Waals surface area contributed by atoms with Crippen LogP contribution in [0, 0.1) is 0 Å². The third-order valence-electron chi connectivity index (χ3n) is 3.54. The van der Waals surface area contributed by atoms with Crippen LogP contribution in [0.2, 0.25) is 0 Å². The molecule has 0 spiro atoms. The average Bonchev–Trinajstić information content (AvgIpc) is 2.57. The molecule has 2 rings (SSSR count). The summed E-state index contributed by atoms with van der Waals surface area (Å²) in [6.07, 6.45) is 0.310. The van der Waals surface area contributed by atoms with Crippen LogP contribution in [-0.4, -0.2) is 65.8 Å². The first-order valence-electron chi connectivity index (χ1n) is 6.17. The van der Waals surface area contributed by atoms with Gasteiger partial charge in [0.15, 0.2) is 6.61 Å². The first kappa shape index (κ1) is 16.6. The molecule has 124 valence electrons. The smallest absolute Gasteiger partial charge is 0.367 e. The predicted molar refractivity (Wildman–Crippen MR) is 66.1 cm³/mol. The summed E-state index contributed by atoms with van der Waals surface area (Å²) in [5.41, 5.74) is 10.2. The molecule has 2 aliphatic heterocycles. The minimum absolute atomic E-state index is 0.107. The highest BCUT2D eigenvalue weighted by Crippen LogP contribution is 2.38. The first-order valence-corrected chi connectivity index (χ1v) is 7.54. The van der Waals surface area contributed by atoms with Crippen molar-refractivity contribution in [2.24, 2.45) is 11.5 Å². The van der Waals surface area contributed by atoms with Gasteiger partial charge in [0.05, 0.1) is 0 Å². The molecule has 0 radical (unpaired) electrons. The zero-order chi connectivity index (χ0) is 16.7. The molecule has 0 aromatic carbocycles. The highest BCUT2D eigenvalue weighted by molar-refractivity contribution is 7.80. The fourth-order valence-corrected chi connectivity index (χ4v) is 3.12. The van der Waals surface area contributed by atoms with E-state index in [9.17, 15) is 22.8 Å². The quantitative estimate of drug-likeness (QED) is 0.348. The number of fused-ring (bicyclic) bond motifs is 2. The molecule has 2 aliphatic rings. The molecular weight excluding hydrogens is 324 g/mol. The van der Waals surface area contributed by atoms with Crippen molar-refractivity contribution in [3.63, 3.8) is 0 Å². The van der Waals surface area contributed by atoms with Crippen LogP contribution in [0.1, 0.15) is 12.8 Å². The number of carbonyl (C=O) groups is 3. The van der Waals surface area contributed by atoms with Gasteiger partial charge in [0.2, 0.25) is 11.9 Å². The normalized spacial score (nSPS) is 31.3. The average molecular weight is 339 g/mol. The number of piperidine rings is 1. The summed E-state index contributed by atoms with van der Waals surface area (Å²) in [6, 6.07) is -2.96. The summed E-state index contributed by atoms with van der Waals surface area (Å²) in [7, 11) is -4.94. The monoisotopic (exact) mass is 339 g/mol. The Balaban J connectivity index is 2.36. The lowest BCUT2D eigenvalue weighted by Gasteiger charge is -2.34. The van der Waals surface area contributed by atoms with Crippen LogP contribution in [0.3, 0.4) is 0 Å². The van der Waals surface area contributed by atoms with E-state index < -0.39 is 51.6 Å². The molecule has 2 saturated heterocycles. The van der Waals surface area contributed by atoms with Gasteiger partial charge in [-0.15, -0.1) is 9.35 Å². The Morgan fingerprint density at radius 1 is 1.36 bits per heavy atom. The molecule has 4 amide bonds. The van der Waals surface area contributed by atoms with Gasteiger partial charge in [0.1, 0.15) is 12.6 Å². The van der Waals surface area contributed by atoms with Gasteiger partial charge in [-0.3, -0.25) is 14.1 Å². The standard InChI is InChI=1S/C9H14N4O8S/c10-7(14)4-20-13-3-5(1-2-6(13)8(11)15)12(9(13)16)21-22(17,18)19/h5-6H,1-4H2,(H4-,10,11,14,15,17,18,19)/p+1/t5-,6+,13?/m1/s1. The van der Waals surface area contributed by atoms with Gasteiger partial charge in [-0.1, -0.05) is 4.65 Å². The van der Waals surface area contributed by atoms with E-state index >= 15 is 0 Å². The Bertz CT molecular complexity index is 621. The molecule has 0 aliphatic carbocycles. The number of hydroxylamine groups is 5. The number of hydrogen-bond donors (Lipinski definition) is 3. The Labute approximate surface area is 125 Å². The van der Waals surface area contributed by atoms with Gasteiger partial charge >= 0.3 is 16.4 Å². The number of quaternary nitrogens is 1. The molecular formula is C9H15N4O8S+. The fourth-order valence-electron chi connectivity index (χ4n) is 2.73. The summed E-state index contributed by atoms with van der Waals surface area (Å²) in [5, 5.41) is 0.416. The van der Waals surface area contributed by atoms with Gasteiger partial charge < -0.3 is 11.5 Å². The first-order chi connectivity index (χ1) is 10.1. The molecule has 3 atom stereocenters. The number of amides is 4. The van der Waals surface area contributed by atoms with Crippen LogP contribution >= 0.6 is 0 Å². The van der Waals surface area contributed by atoms with E-state index in [0.717, 1.165) is 0 Å². The van der Waals surface area contributed by atoms with Crippen LogP contribution in [0.25, 0.3) is 0 Å². The van der Waals surface area contributed by atoms with Crippen molar-refractivity contribution in [1.82, 2.24) is 5.06 Å². The van der Waals surface area contributed by atoms with E-state index in [4.69, 9.17) is 20.9 Å². The van der Waals surface area contributed by atoms with Gasteiger partial charge in [-0.2, -0.15) is 13.3 Å². The van der Waals surface area contributed by atoms with Gasteiger partial charge in [-0.25, -0.2) is 4.79 Å². The van der Waals surface area contributed by atoms with Crippen molar-refractivity contribution in [2.45, 2.75) is 24.9 Å². The highest BCUT2D eigenvalue weighted by atomic mass is 32.3. The SMILES string of the molecule is NC(=O)CO[N+]12C[C@@H](CC[C@H]1C(N)=O)N(OS(=O)(=O)O)C2=O. The van der Waals surface area contributed by atoms with Crippen LogP contribution in [0.5, 0.6) is 0 Å². The van der Waals surface area contributed by atoms with E-state index in [1.807, 2.05) is 0 Å². The third kappa shape index (κ3) is 2.89. The second-order valence-electron chi connectivity index (χ2n) is 4.98. The lowest BCUT2D eigenvalue weighted by atomic mass is 10.00. The zero-order valence-electron chi connectivity index (χ0n) is 11.2. The molecule has 0 aromatic heterocycles. The molecule has 1 unspecified atom stereocenters. The van der Waals surface area contributed by atoms with E-state index in [-0.39, 0.29) is 19.4 Å². The maximum atomic E-state index is 12.4. The van der Waals surface area contributed by atoms with E-state index in [1.54, 1.807) is 0 Å². The topological polar surface area (TPSA) is 179 Å². The van der Waals surface area contributed by atoms with Gasteiger partial charge in [0.25, 0.3) is 5.91 Å². The highest BCUT2D eigenvalue weighted by Gasteiger charge is 2.65.